The van der Waals surface area contributed by atoms with E-state index < -0.39 is 10.8 Å². The quantitative estimate of drug-likeness (QED) is 0.641. The molecule has 2 amide bonds. The summed E-state index contributed by atoms with van der Waals surface area (Å²) >= 11 is 5.89. The second kappa shape index (κ2) is 7.28. The van der Waals surface area contributed by atoms with Crippen molar-refractivity contribution < 1.29 is 19.2 Å². The first-order valence-electron chi connectivity index (χ1n) is 7.02. The van der Waals surface area contributed by atoms with Gasteiger partial charge in [-0.1, -0.05) is 11.6 Å². The Hall–Kier alpha value is -2.35. The van der Waals surface area contributed by atoms with Gasteiger partial charge in [0, 0.05) is 25.2 Å². The number of piperidine rings is 1. The number of primary amides is 1. The first kappa shape index (κ1) is 17.0. The maximum absolute atomic E-state index is 12.1. The zero-order valence-electron chi connectivity index (χ0n) is 12.2. The van der Waals surface area contributed by atoms with E-state index in [4.69, 9.17) is 22.1 Å². The number of ether oxygens (including phenoxy) is 1. The number of nitrogens with zero attached hydrogens (tertiary/aromatic N) is 2. The van der Waals surface area contributed by atoms with Crippen LogP contribution in [0.4, 0.5) is 5.69 Å². The number of nitro groups is 1. The molecule has 9 heteroatoms. The molecule has 0 bridgehead atoms. The summed E-state index contributed by atoms with van der Waals surface area (Å²) in [5.74, 6) is -0.850. The van der Waals surface area contributed by atoms with Gasteiger partial charge in [0.05, 0.1) is 15.9 Å². The molecule has 1 fully saturated rings. The zero-order valence-corrected chi connectivity index (χ0v) is 13.0. The van der Waals surface area contributed by atoms with Crippen molar-refractivity contribution in [2.45, 2.75) is 12.8 Å². The monoisotopic (exact) mass is 341 g/mol. The van der Waals surface area contributed by atoms with Gasteiger partial charge in [-0.05, 0) is 18.9 Å². The number of nitrogens with two attached hydrogens (primary N) is 1. The first-order chi connectivity index (χ1) is 10.9. The van der Waals surface area contributed by atoms with Crippen LogP contribution in [0.15, 0.2) is 18.2 Å². The molecule has 1 saturated heterocycles. The summed E-state index contributed by atoms with van der Waals surface area (Å²) < 4.78 is 5.32. The number of nitro benzene ring substituents is 1. The van der Waals surface area contributed by atoms with Crippen LogP contribution in [0.3, 0.4) is 0 Å². The Morgan fingerprint density at radius 2 is 2.22 bits per heavy atom. The number of amides is 2. The molecule has 8 nitrogen and oxygen atoms in total. The number of rotatable bonds is 5. The van der Waals surface area contributed by atoms with E-state index in [1.54, 1.807) is 0 Å². The summed E-state index contributed by atoms with van der Waals surface area (Å²) in [5.41, 5.74) is 5.11. The normalized spacial score (nSPS) is 17.6. The number of benzene rings is 1. The third kappa shape index (κ3) is 4.32. The van der Waals surface area contributed by atoms with Crippen molar-refractivity contribution in [2.24, 2.45) is 11.7 Å². The standard InChI is InChI=1S/C14H16ClN3O5/c15-11-6-10(18(21)22)3-4-12(11)23-8-13(19)17-5-1-2-9(7-17)14(16)20/h3-4,6,9H,1-2,5,7-8H2,(H2,16,20)/t9-/m1/s1. The number of likely N-dealkylation sites (tertiary alicyclic amines) is 1. The van der Waals surface area contributed by atoms with Gasteiger partial charge in [-0.25, -0.2) is 0 Å². The molecule has 0 unspecified atom stereocenters. The molecule has 1 aromatic carbocycles. The fourth-order valence-electron chi connectivity index (χ4n) is 2.39. The van der Waals surface area contributed by atoms with Gasteiger partial charge in [0.2, 0.25) is 5.91 Å². The molecule has 124 valence electrons. The molecule has 1 aromatic rings. The van der Waals surface area contributed by atoms with Crippen molar-refractivity contribution in [3.8, 4) is 5.75 Å². The lowest BCUT2D eigenvalue weighted by Crippen LogP contribution is -2.45. The van der Waals surface area contributed by atoms with Crippen LogP contribution >= 0.6 is 11.6 Å². The molecular formula is C14H16ClN3O5. The Labute approximate surface area is 137 Å². The highest BCUT2D eigenvalue weighted by Crippen LogP contribution is 2.28. The Bertz CT molecular complexity index is 637. The van der Waals surface area contributed by atoms with Gasteiger partial charge in [-0.15, -0.1) is 0 Å². The van der Waals surface area contributed by atoms with E-state index in [9.17, 15) is 19.7 Å². The van der Waals surface area contributed by atoms with Crippen LogP contribution in [0.5, 0.6) is 5.75 Å². The molecule has 1 heterocycles. The molecule has 0 aromatic heterocycles. The van der Waals surface area contributed by atoms with Crippen molar-refractivity contribution in [3.63, 3.8) is 0 Å². The third-order valence-electron chi connectivity index (χ3n) is 3.65. The number of non-ortho nitro benzene ring substituents is 1. The third-order valence-corrected chi connectivity index (χ3v) is 3.95. The summed E-state index contributed by atoms with van der Waals surface area (Å²) in [4.78, 5) is 34.9. The summed E-state index contributed by atoms with van der Waals surface area (Å²) in [5, 5.41) is 10.7. The maximum atomic E-state index is 12.1. The Kier molecular flexibility index (Phi) is 5.38. The lowest BCUT2D eigenvalue weighted by atomic mass is 9.97. The van der Waals surface area contributed by atoms with E-state index >= 15 is 0 Å². The fourth-order valence-corrected chi connectivity index (χ4v) is 2.62. The van der Waals surface area contributed by atoms with Crippen LogP contribution in [-0.2, 0) is 9.59 Å². The Morgan fingerprint density at radius 1 is 1.48 bits per heavy atom. The number of carbonyl (C=O) groups is 2. The molecular weight excluding hydrogens is 326 g/mol. The van der Waals surface area contributed by atoms with Crippen molar-refractivity contribution in [3.05, 3.63) is 33.3 Å². The Balaban J connectivity index is 1.94. The summed E-state index contributed by atoms with van der Waals surface area (Å²) in [6.45, 7) is 0.564. The lowest BCUT2D eigenvalue weighted by molar-refractivity contribution is -0.384. The highest BCUT2D eigenvalue weighted by molar-refractivity contribution is 6.32. The van der Waals surface area contributed by atoms with Crippen molar-refractivity contribution in [1.29, 1.82) is 0 Å². The number of hydrogen-bond donors (Lipinski definition) is 1. The van der Waals surface area contributed by atoms with Gasteiger partial charge >= 0.3 is 0 Å². The van der Waals surface area contributed by atoms with Gasteiger partial charge < -0.3 is 15.4 Å². The number of hydrogen-bond acceptors (Lipinski definition) is 5. The van der Waals surface area contributed by atoms with Gasteiger partial charge in [-0.3, -0.25) is 19.7 Å². The molecule has 0 aliphatic carbocycles. The molecule has 2 N–H and O–H groups in total. The summed E-state index contributed by atoms with van der Waals surface area (Å²) in [6, 6.07) is 3.75. The van der Waals surface area contributed by atoms with Crippen molar-refractivity contribution in [1.82, 2.24) is 4.90 Å². The molecule has 2 rings (SSSR count). The Morgan fingerprint density at radius 3 is 2.83 bits per heavy atom. The minimum atomic E-state index is -0.571. The van der Waals surface area contributed by atoms with E-state index in [1.165, 1.54) is 17.0 Å². The summed E-state index contributed by atoms with van der Waals surface area (Å²) in [7, 11) is 0. The van der Waals surface area contributed by atoms with Gasteiger partial charge in [0.25, 0.3) is 11.6 Å². The largest absolute Gasteiger partial charge is 0.482 e. The minimum Gasteiger partial charge on any atom is -0.482 e. The molecule has 0 spiro atoms. The van der Waals surface area contributed by atoms with E-state index in [0.717, 1.165) is 6.07 Å². The second-order valence-corrected chi connectivity index (χ2v) is 5.65. The summed E-state index contributed by atoms with van der Waals surface area (Å²) in [6.07, 6.45) is 1.38. The van der Waals surface area contributed by atoms with Crippen LogP contribution in [0.1, 0.15) is 12.8 Å². The molecule has 23 heavy (non-hydrogen) atoms. The highest BCUT2D eigenvalue weighted by Gasteiger charge is 2.27. The zero-order chi connectivity index (χ0) is 17.0. The minimum absolute atomic E-state index is 0.0562. The van der Waals surface area contributed by atoms with Crippen LogP contribution < -0.4 is 10.5 Å². The predicted molar refractivity (Wildman–Crippen MR) is 82.1 cm³/mol. The lowest BCUT2D eigenvalue weighted by Gasteiger charge is -2.31. The number of carbonyl (C=O) groups excluding carboxylic acids is 2. The first-order valence-corrected chi connectivity index (χ1v) is 7.40. The SMILES string of the molecule is NC(=O)[C@@H]1CCCN(C(=O)COc2ccc([N+](=O)[O-])cc2Cl)C1. The highest BCUT2D eigenvalue weighted by atomic mass is 35.5. The molecule has 0 radical (unpaired) electrons. The average Bonchev–Trinajstić information content (AvgIpc) is 2.53. The van der Waals surface area contributed by atoms with Crippen LogP contribution in [-0.4, -0.2) is 41.3 Å². The molecule has 1 aliphatic rings. The van der Waals surface area contributed by atoms with Gasteiger partial charge in [0.15, 0.2) is 6.61 Å². The maximum Gasteiger partial charge on any atom is 0.271 e. The van der Waals surface area contributed by atoms with Crippen LogP contribution in [0, 0.1) is 16.0 Å². The average molecular weight is 342 g/mol. The van der Waals surface area contributed by atoms with Gasteiger partial charge in [-0.2, -0.15) is 0 Å². The smallest absolute Gasteiger partial charge is 0.271 e. The van der Waals surface area contributed by atoms with Crippen molar-refractivity contribution >= 4 is 29.1 Å². The molecule has 0 saturated carbocycles. The van der Waals surface area contributed by atoms with E-state index in [1.807, 2.05) is 0 Å². The van der Waals surface area contributed by atoms with Gasteiger partial charge in [0.1, 0.15) is 5.75 Å². The fraction of sp³-hybridized carbons (Fsp3) is 0.429. The second-order valence-electron chi connectivity index (χ2n) is 5.24. The van der Waals surface area contributed by atoms with Crippen LogP contribution in [0.2, 0.25) is 5.02 Å². The number of halogens is 1. The van der Waals surface area contributed by atoms with E-state index in [-0.39, 0.29) is 41.4 Å². The van der Waals surface area contributed by atoms with Crippen molar-refractivity contribution in [2.75, 3.05) is 19.7 Å². The molecule has 1 atom stereocenters. The van der Waals surface area contributed by atoms with E-state index in [2.05, 4.69) is 0 Å². The predicted octanol–water partition coefficient (Wildman–Crippen LogP) is 1.35. The topological polar surface area (TPSA) is 116 Å². The van der Waals surface area contributed by atoms with Crippen LogP contribution in [0.25, 0.3) is 0 Å². The molecule has 1 aliphatic heterocycles. The van der Waals surface area contributed by atoms with E-state index in [0.29, 0.717) is 19.4 Å².